The predicted molar refractivity (Wildman–Crippen MR) is 239 cm³/mol. The summed E-state index contributed by atoms with van der Waals surface area (Å²) in [5, 5.41) is 19.4. The second-order valence-corrected chi connectivity index (χ2v) is 21.2. The Morgan fingerprint density at radius 1 is 1.08 bits per heavy atom. The molecule has 15 nitrogen and oxygen atoms in total. The van der Waals surface area contributed by atoms with Crippen LogP contribution in [0.25, 0.3) is 22.3 Å². The summed E-state index contributed by atoms with van der Waals surface area (Å²) in [5.74, 6) is -2.00. The van der Waals surface area contributed by atoms with Gasteiger partial charge in [0.05, 0.1) is 24.4 Å². The number of amides is 3. The summed E-state index contributed by atoms with van der Waals surface area (Å²) in [7, 11) is -2.77. The lowest BCUT2D eigenvalue weighted by molar-refractivity contribution is -0.145. The van der Waals surface area contributed by atoms with E-state index in [2.05, 4.69) is 29.4 Å². The van der Waals surface area contributed by atoms with Crippen LogP contribution in [-0.2, 0) is 28.2 Å². The number of hydrogen-bond acceptors (Lipinski definition) is 12. The van der Waals surface area contributed by atoms with Gasteiger partial charge in [-0.1, -0.05) is 31.1 Å². The zero-order chi connectivity index (χ0) is 44.2. The molecule has 3 aromatic rings. The Morgan fingerprint density at radius 2 is 1.85 bits per heavy atom. The van der Waals surface area contributed by atoms with Gasteiger partial charge < -0.3 is 39.5 Å². The number of carbonyl (C=O) groups excluding carboxylic acids is 3. The number of nitrogens with one attached hydrogen (secondary N) is 2. The number of hydrogen-bond donors (Lipinski definition) is 3. The number of thiazole rings is 1. The molecule has 6 atom stereocenters. The van der Waals surface area contributed by atoms with Gasteiger partial charge in [-0.15, -0.1) is 11.3 Å². The van der Waals surface area contributed by atoms with Gasteiger partial charge in [0.2, 0.25) is 19.2 Å². The van der Waals surface area contributed by atoms with Crippen LogP contribution >= 0.6 is 18.7 Å². The molecule has 3 N–H and O–H groups in total. The number of aliphatic carboxylic acids is 1. The fourth-order valence-corrected chi connectivity index (χ4v) is 11.1. The van der Waals surface area contributed by atoms with Crippen molar-refractivity contribution in [2.45, 2.75) is 134 Å². The minimum Gasteiger partial charge on any atom is -0.488 e. The molecule has 4 aliphatic rings. The summed E-state index contributed by atoms with van der Waals surface area (Å²) in [6.07, 6.45) is 9.97. The van der Waals surface area contributed by atoms with Crippen LogP contribution in [0.4, 0.5) is 9.93 Å². The Kier molecular flexibility index (Phi) is 14.3. The van der Waals surface area contributed by atoms with E-state index in [-0.39, 0.29) is 37.5 Å². The van der Waals surface area contributed by atoms with Crippen LogP contribution in [0, 0.1) is 12.8 Å². The normalized spacial score (nSPS) is 26.1. The molecule has 0 spiro atoms. The molecule has 3 fully saturated rings. The van der Waals surface area contributed by atoms with Gasteiger partial charge in [0.1, 0.15) is 41.3 Å². The number of pyridine rings is 1. The molecular formula is C45H61N6O9PS. The number of nitrogens with zero attached hydrogens (tertiary/aromatic N) is 4. The van der Waals surface area contributed by atoms with E-state index >= 15 is 0 Å². The Balaban J connectivity index is 1.18. The molecule has 62 heavy (non-hydrogen) atoms. The molecule has 0 bridgehead atoms. The molecule has 4 heterocycles. The molecule has 1 unspecified atom stereocenters. The molecule has 2 saturated carbocycles. The van der Waals surface area contributed by atoms with Gasteiger partial charge in [0.25, 0.3) is 0 Å². The molecule has 3 amide bonds. The summed E-state index contributed by atoms with van der Waals surface area (Å²) in [6.45, 7) is 10.5. The molecule has 1 aromatic carbocycles. The number of carboxylic acids is 1. The number of benzene rings is 1. The van der Waals surface area contributed by atoms with Crippen molar-refractivity contribution in [2.75, 3.05) is 37.4 Å². The topological polar surface area (TPSA) is 190 Å². The van der Waals surface area contributed by atoms with E-state index in [1.165, 1.54) is 16.2 Å². The Hall–Kier alpha value is -4.53. The number of alkyl carbamates (subject to hydrolysis) is 1. The highest BCUT2D eigenvalue weighted by molar-refractivity contribution is 7.58. The fourth-order valence-electron chi connectivity index (χ4n) is 8.91. The highest BCUT2D eigenvalue weighted by Crippen LogP contribution is 2.46. The number of allylic oxidation sites excluding steroid dienone is 1. The SMILES string of the molecule is CCOP(C)(=O)CCN(c1nc(-c2cc(O[C@@H]3C[C@H]4C(=O)N[C@]5(C(=O)O)C[C@H]5/C=C\CCCCC[C@H](NC(=O)OC5CCCC5)C(=O)N4C3)c3ccc(C)cc3n2)cs1)C(C)C. The number of rotatable bonds is 13. The fraction of sp³-hybridized carbons (Fsp3) is 0.600. The van der Waals surface area contributed by atoms with Crippen molar-refractivity contribution in [3.63, 3.8) is 0 Å². The van der Waals surface area contributed by atoms with Crippen molar-refractivity contribution in [3.8, 4) is 17.1 Å². The molecule has 0 radical (unpaired) electrons. The molecule has 336 valence electrons. The third kappa shape index (κ3) is 10.6. The monoisotopic (exact) mass is 892 g/mol. The molecule has 2 aliphatic carbocycles. The van der Waals surface area contributed by atoms with Crippen LogP contribution in [0.1, 0.15) is 97.0 Å². The number of ether oxygens (including phenoxy) is 2. The van der Waals surface area contributed by atoms with E-state index in [1.807, 2.05) is 55.6 Å². The Labute approximate surface area is 367 Å². The summed E-state index contributed by atoms with van der Waals surface area (Å²) in [6, 6.07) is 5.76. The van der Waals surface area contributed by atoms with Crippen LogP contribution in [0.5, 0.6) is 5.75 Å². The predicted octanol–water partition coefficient (Wildman–Crippen LogP) is 7.69. The van der Waals surface area contributed by atoms with E-state index in [1.54, 1.807) is 6.66 Å². The number of anilines is 1. The smallest absolute Gasteiger partial charge is 0.408 e. The van der Waals surface area contributed by atoms with Crippen molar-refractivity contribution in [2.24, 2.45) is 5.92 Å². The second kappa shape index (κ2) is 19.5. The van der Waals surface area contributed by atoms with E-state index in [9.17, 15) is 28.8 Å². The first-order valence-corrected chi connectivity index (χ1v) is 25.3. The maximum absolute atomic E-state index is 14.7. The van der Waals surface area contributed by atoms with Gasteiger partial charge in [0.15, 0.2) is 5.13 Å². The van der Waals surface area contributed by atoms with Gasteiger partial charge in [-0.25, -0.2) is 19.6 Å². The Morgan fingerprint density at radius 3 is 2.60 bits per heavy atom. The van der Waals surface area contributed by atoms with E-state index in [4.69, 9.17) is 24.0 Å². The maximum atomic E-state index is 14.7. The zero-order valence-corrected chi connectivity index (χ0v) is 38.2. The third-order valence-corrected chi connectivity index (χ3v) is 15.2. The number of fused-ring (bicyclic) bond motifs is 3. The zero-order valence-electron chi connectivity index (χ0n) is 36.5. The van der Waals surface area contributed by atoms with Crippen LogP contribution < -0.4 is 20.3 Å². The highest BCUT2D eigenvalue weighted by atomic mass is 32.1. The second-order valence-electron chi connectivity index (χ2n) is 17.6. The van der Waals surface area contributed by atoms with E-state index in [0.717, 1.165) is 61.0 Å². The third-order valence-electron chi connectivity index (χ3n) is 12.5. The van der Waals surface area contributed by atoms with Crippen molar-refractivity contribution >= 4 is 58.6 Å². The van der Waals surface area contributed by atoms with Gasteiger partial charge in [-0.05, 0) is 96.8 Å². The molecule has 17 heteroatoms. The van der Waals surface area contributed by atoms with Gasteiger partial charge in [-0.3, -0.25) is 14.2 Å². The van der Waals surface area contributed by atoms with Gasteiger partial charge in [0, 0.05) is 54.6 Å². The molecule has 2 aromatic heterocycles. The van der Waals surface area contributed by atoms with E-state index < -0.39 is 55.0 Å². The lowest BCUT2D eigenvalue weighted by Crippen LogP contribution is -2.56. The first-order chi connectivity index (χ1) is 29.7. The average molecular weight is 893 g/mol. The lowest BCUT2D eigenvalue weighted by Gasteiger charge is -2.29. The first-order valence-electron chi connectivity index (χ1n) is 22.2. The summed E-state index contributed by atoms with van der Waals surface area (Å²) in [4.78, 5) is 68.4. The Bertz CT molecular complexity index is 2210. The first kappa shape index (κ1) is 45.5. The van der Waals surface area contributed by atoms with Crippen LogP contribution in [0.3, 0.4) is 0 Å². The quantitative estimate of drug-likeness (QED) is 0.112. The number of aryl methyl sites for hydroxylation is 1. The van der Waals surface area contributed by atoms with Crippen LogP contribution in [0.2, 0.25) is 0 Å². The number of carbonyl (C=O) groups is 4. The summed E-state index contributed by atoms with van der Waals surface area (Å²) in [5.41, 5.74) is 1.42. The van der Waals surface area contributed by atoms with Crippen molar-refractivity contribution < 1.29 is 42.8 Å². The number of aromatic nitrogens is 2. The lowest BCUT2D eigenvalue weighted by atomic mass is 10.0. The van der Waals surface area contributed by atoms with Gasteiger partial charge in [-0.2, -0.15) is 0 Å². The molecular weight excluding hydrogens is 832 g/mol. The van der Waals surface area contributed by atoms with Crippen molar-refractivity contribution in [3.05, 3.63) is 47.4 Å². The molecule has 2 aliphatic heterocycles. The standard InChI is InChI=1S/C45H61N6O9PS/c1-6-58-61(5,57)21-20-50(28(2)3)43-47-37(27-62-43)36-24-39(33-19-18-29(4)22-35(33)46-36)59-32-23-38-40(52)49-45(42(54)55)25-30(45)14-10-8-7-9-11-17-34(41(53)51(38)26-32)48-44(56)60-31-15-12-13-16-31/h10,14,18-19,22,24,27-28,30-32,34,38H,6-9,11-13,15-17,20-21,23,25-26H2,1-5H3,(H,48,56)(H,49,52)(H,54,55)/b14-10-/t30-,32-,34+,38+,45-,61?/m1/s1. The molecule has 7 rings (SSSR count). The maximum Gasteiger partial charge on any atom is 0.408 e. The summed E-state index contributed by atoms with van der Waals surface area (Å²) >= 11 is 1.47. The van der Waals surface area contributed by atoms with Crippen molar-refractivity contribution in [1.82, 2.24) is 25.5 Å². The van der Waals surface area contributed by atoms with Crippen molar-refractivity contribution in [1.29, 1.82) is 0 Å². The highest BCUT2D eigenvalue weighted by Gasteiger charge is 2.61. The van der Waals surface area contributed by atoms with E-state index in [0.29, 0.717) is 54.8 Å². The van der Waals surface area contributed by atoms with Crippen LogP contribution in [0.15, 0.2) is 41.8 Å². The number of carboxylic acid groups (broad SMARTS) is 1. The minimum absolute atomic E-state index is 0.0222. The molecule has 1 saturated heterocycles. The average Bonchev–Trinajstić information content (AvgIpc) is 3.66. The van der Waals surface area contributed by atoms with Crippen LogP contribution in [-0.4, -0.2) is 112 Å². The summed E-state index contributed by atoms with van der Waals surface area (Å²) < 4.78 is 31.0. The van der Waals surface area contributed by atoms with Gasteiger partial charge >= 0.3 is 12.1 Å². The largest absolute Gasteiger partial charge is 0.488 e. The minimum atomic E-state index is -2.77.